The van der Waals surface area contributed by atoms with Gasteiger partial charge in [0.15, 0.2) is 0 Å². The first-order valence-corrected chi connectivity index (χ1v) is 4.54. The lowest BCUT2D eigenvalue weighted by Gasteiger charge is -2.15. The first-order chi connectivity index (χ1) is 7.01. The molecule has 0 heterocycles. The smallest absolute Gasteiger partial charge is 0.326 e. The third-order valence-electron chi connectivity index (χ3n) is 1.73. The number of aliphatic hydroxyl groups is 1. The Morgan fingerprint density at radius 3 is 2.47 bits per heavy atom. The highest BCUT2D eigenvalue weighted by Gasteiger charge is 2.19. The number of hydrogen-bond acceptors (Lipinski definition) is 3. The van der Waals surface area contributed by atoms with Crippen molar-refractivity contribution in [3.63, 3.8) is 0 Å². The number of carboxylic acid groups (broad SMARTS) is 1. The van der Waals surface area contributed by atoms with Crippen LogP contribution in [0.3, 0.4) is 0 Å². The molecular formula is C9H16N2O4. The molecule has 86 valence electrons. The topological polar surface area (TPSA) is 98.7 Å². The third-order valence-corrected chi connectivity index (χ3v) is 1.73. The van der Waals surface area contributed by atoms with Gasteiger partial charge in [-0.15, -0.1) is 6.58 Å². The van der Waals surface area contributed by atoms with E-state index >= 15 is 0 Å². The maximum Gasteiger partial charge on any atom is 0.326 e. The molecule has 15 heavy (non-hydrogen) atoms. The Kier molecular flexibility index (Phi) is 6.12. The van der Waals surface area contributed by atoms with Gasteiger partial charge >= 0.3 is 12.0 Å². The Bertz CT molecular complexity index is 242. The second kappa shape index (κ2) is 6.83. The molecule has 0 aliphatic rings. The zero-order valence-electron chi connectivity index (χ0n) is 8.56. The van der Waals surface area contributed by atoms with Gasteiger partial charge in [-0.25, -0.2) is 9.59 Å². The van der Waals surface area contributed by atoms with Crippen molar-refractivity contribution in [3.8, 4) is 0 Å². The van der Waals surface area contributed by atoms with E-state index in [4.69, 9.17) is 10.2 Å². The summed E-state index contributed by atoms with van der Waals surface area (Å²) in [5.74, 6) is -1.18. The van der Waals surface area contributed by atoms with Crippen LogP contribution in [0, 0.1) is 0 Å². The lowest BCUT2D eigenvalue weighted by atomic mass is 10.2. The summed E-state index contributed by atoms with van der Waals surface area (Å²) in [6.45, 7) is 4.87. The van der Waals surface area contributed by atoms with Gasteiger partial charge in [0.1, 0.15) is 6.04 Å². The number of rotatable bonds is 6. The monoisotopic (exact) mass is 216 g/mol. The van der Waals surface area contributed by atoms with E-state index in [1.54, 1.807) is 6.92 Å². The van der Waals surface area contributed by atoms with Crippen LogP contribution >= 0.6 is 0 Å². The third kappa shape index (κ3) is 5.69. The Balaban J connectivity index is 4.10. The summed E-state index contributed by atoms with van der Waals surface area (Å²) < 4.78 is 0. The average Bonchev–Trinajstić information content (AvgIpc) is 2.16. The lowest BCUT2D eigenvalue weighted by Crippen LogP contribution is -2.48. The van der Waals surface area contributed by atoms with Crippen molar-refractivity contribution >= 4 is 12.0 Å². The van der Waals surface area contributed by atoms with E-state index in [1.807, 2.05) is 0 Å². The fraction of sp³-hybridized carbons (Fsp3) is 0.556. The van der Waals surface area contributed by atoms with Gasteiger partial charge in [0, 0.05) is 19.1 Å². The van der Waals surface area contributed by atoms with E-state index in [1.165, 1.54) is 6.08 Å². The molecule has 0 rings (SSSR count). The number of carbonyl (C=O) groups excluding carboxylic acids is 1. The van der Waals surface area contributed by atoms with Crippen LogP contribution in [0.1, 0.15) is 13.3 Å². The number of amides is 2. The summed E-state index contributed by atoms with van der Waals surface area (Å²) >= 11 is 0. The highest BCUT2D eigenvalue weighted by molar-refractivity contribution is 5.82. The van der Waals surface area contributed by atoms with E-state index in [9.17, 15) is 9.59 Å². The van der Waals surface area contributed by atoms with Crippen LogP contribution in [0.4, 0.5) is 4.79 Å². The van der Waals surface area contributed by atoms with E-state index in [0.717, 1.165) is 0 Å². The maximum absolute atomic E-state index is 11.2. The maximum atomic E-state index is 11.2. The molecule has 0 aromatic carbocycles. The number of nitrogens with one attached hydrogen (secondary N) is 2. The van der Waals surface area contributed by atoms with Crippen molar-refractivity contribution in [2.45, 2.75) is 25.4 Å². The first-order valence-electron chi connectivity index (χ1n) is 4.54. The van der Waals surface area contributed by atoms with Gasteiger partial charge in [-0.3, -0.25) is 0 Å². The molecule has 1 unspecified atom stereocenters. The van der Waals surface area contributed by atoms with Crippen LogP contribution in [0.25, 0.3) is 0 Å². The SMILES string of the molecule is C=CC(C)NC(=O)N[C@H](CCO)C(=O)O. The molecule has 6 heteroatoms. The van der Waals surface area contributed by atoms with Crippen LogP contribution < -0.4 is 10.6 Å². The normalized spacial score (nSPS) is 13.7. The molecule has 2 amide bonds. The molecule has 0 aromatic rings. The molecule has 6 nitrogen and oxygen atoms in total. The summed E-state index contributed by atoms with van der Waals surface area (Å²) in [5.41, 5.74) is 0. The van der Waals surface area contributed by atoms with E-state index in [2.05, 4.69) is 17.2 Å². The lowest BCUT2D eigenvalue weighted by molar-refractivity contribution is -0.139. The van der Waals surface area contributed by atoms with Gasteiger partial charge < -0.3 is 20.8 Å². The molecule has 0 saturated carbocycles. The first kappa shape index (κ1) is 13.4. The number of hydrogen-bond donors (Lipinski definition) is 4. The van der Waals surface area contributed by atoms with Crippen molar-refractivity contribution in [3.05, 3.63) is 12.7 Å². The van der Waals surface area contributed by atoms with Gasteiger partial charge in [0.25, 0.3) is 0 Å². The Morgan fingerprint density at radius 2 is 2.07 bits per heavy atom. The van der Waals surface area contributed by atoms with E-state index < -0.39 is 18.0 Å². The Hall–Kier alpha value is -1.56. The molecule has 0 aromatic heterocycles. The zero-order chi connectivity index (χ0) is 11.8. The minimum Gasteiger partial charge on any atom is -0.480 e. The van der Waals surface area contributed by atoms with Crippen molar-refractivity contribution in [1.82, 2.24) is 10.6 Å². The molecule has 0 saturated heterocycles. The standard InChI is InChI=1S/C9H16N2O4/c1-3-6(2)10-9(15)11-7(4-5-12)8(13)14/h3,6-7,12H,1,4-5H2,2H3,(H,13,14)(H2,10,11,15)/t6?,7-/m1/s1. The highest BCUT2D eigenvalue weighted by atomic mass is 16.4. The van der Waals surface area contributed by atoms with Crippen LogP contribution in [0.15, 0.2) is 12.7 Å². The Labute approximate surface area is 88.0 Å². The molecule has 0 fully saturated rings. The quantitative estimate of drug-likeness (QED) is 0.458. The minimum absolute atomic E-state index is 0.0226. The minimum atomic E-state index is -1.18. The predicted octanol–water partition coefficient (Wildman–Crippen LogP) is -0.304. The van der Waals surface area contributed by atoms with Crippen LogP contribution in [0.5, 0.6) is 0 Å². The fourth-order valence-corrected chi connectivity index (χ4v) is 0.852. The van der Waals surface area contributed by atoms with Crippen molar-refractivity contribution < 1.29 is 19.8 Å². The van der Waals surface area contributed by atoms with Crippen LogP contribution in [-0.4, -0.2) is 40.9 Å². The highest BCUT2D eigenvalue weighted by Crippen LogP contribution is 1.91. The van der Waals surface area contributed by atoms with Crippen LogP contribution in [0.2, 0.25) is 0 Å². The molecule has 0 aliphatic heterocycles. The molecule has 0 aliphatic carbocycles. The van der Waals surface area contributed by atoms with Crippen molar-refractivity contribution in [2.75, 3.05) is 6.61 Å². The van der Waals surface area contributed by atoms with E-state index in [0.29, 0.717) is 0 Å². The van der Waals surface area contributed by atoms with Gasteiger partial charge in [-0.1, -0.05) is 6.08 Å². The number of carboxylic acids is 1. The zero-order valence-corrected chi connectivity index (χ0v) is 8.56. The van der Waals surface area contributed by atoms with Gasteiger partial charge in [-0.05, 0) is 6.92 Å². The van der Waals surface area contributed by atoms with Gasteiger partial charge in [0.05, 0.1) is 0 Å². The number of urea groups is 1. The average molecular weight is 216 g/mol. The summed E-state index contributed by atoms with van der Waals surface area (Å²) in [6.07, 6.45) is 1.49. The number of aliphatic hydroxyl groups excluding tert-OH is 1. The second-order valence-corrected chi connectivity index (χ2v) is 3.05. The van der Waals surface area contributed by atoms with Crippen molar-refractivity contribution in [1.29, 1.82) is 0 Å². The number of carbonyl (C=O) groups is 2. The van der Waals surface area contributed by atoms with Crippen molar-refractivity contribution in [2.24, 2.45) is 0 Å². The number of aliphatic carboxylic acids is 1. The van der Waals surface area contributed by atoms with Gasteiger partial charge in [0.2, 0.25) is 0 Å². The van der Waals surface area contributed by atoms with Gasteiger partial charge in [-0.2, -0.15) is 0 Å². The summed E-state index contributed by atoms with van der Waals surface area (Å²) in [7, 11) is 0. The second-order valence-electron chi connectivity index (χ2n) is 3.05. The molecule has 0 spiro atoms. The largest absolute Gasteiger partial charge is 0.480 e. The summed E-state index contributed by atoms with van der Waals surface area (Å²) in [5, 5.41) is 21.9. The molecule has 0 bridgehead atoms. The molecule has 4 N–H and O–H groups in total. The predicted molar refractivity (Wildman–Crippen MR) is 54.5 cm³/mol. The molecular weight excluding hydrogens is 200 g/mol. The summed E-state index contributed by atoms with van der Waals surface area (Å²) in [6, 6.07) is -1.91. The fourth-order valence-electron chi connectivity index (χ4n) is 0.852. The summed E-state index contributed by atoms with van der Waals surface area (Å²) in [4.78, 5) is 21.8. The molecule has 0 radical (unpaired) electrons. The van der Waals surface area contributed by atoms with E-state index in [-0.39, 0.29) is 19.1 Å². The Morgan fingerprint density at radius 1 is 1.47 bits per heavy atom. The van der Waals surface area contributed by atoms with Crippen LogP contribution in [-0.2, 0) is 4.79 Å². The molecule has 2 atom stereocenters.